The molecule has 0 N–H and O–H groups in total. The molecule has 0 aromatic carbocycles. The van der Waals surface area contributed by atoms with E-state index in [1.54, 1.807) is 0 Å². The molecule has 4 atom stereocenters. The van der Waals surface area contributed by atoms with Crippen LogP contribution in [0.4, 0.5) is 0 Å². The molecule has 0 bridgehead atoms. The average Bonchev–Trinajstić information content (AvgIpc) is 2.99. The topological polar surface area (TPSA) is 42.1 Å². The Bertz CT molecular complexity index is 338. The quantitative estimate of drug-likeness (QED) is 0.342. The summed E-state index contributed by atoms with van der Waals surface area (Å²) in [6, 6.07) is 0. The van der Waals surface area contributed by atoms with Gasteiger partial charge in [-0.15, -0.1) is 0 Å². The molecule has 3 aliphatic rings. The van der Waals surface area contributed by atoms with Gasteiger partial charge in [-0.05, 0) is 6.08 Å². The Morgan fingerprint density at radius 3 is 2.85 bits per heavy atom. The summed E-state index contributed by atoms with van der Waals surface area (Å²) in [4.78, 5) is 10.6. The zero-order valence-corrected chi connectivity index (χ0v) is 7.77. The van der Waals surface area contributed by atoms with Gasteiger partial charge >= 0.3 is 0 Å². The van der Waals surface area contributed by atoms with E-state index in [-0.39, 0.29) is 17.8 Å². The molecule has 0 amide bonds. The Hall–Kier alpha value is -0.713. The molecular formula is C9H7O3Si. The Labute approximate surface area is 78.8 Å². The number of fused-ring (bicyclic) bond motifs is 1. The lowest BCUT2D eigenvalue weighted by atomic mass is 9.95. The number of aldehydes is 1. The van der Waals surface area contributed by atoms with Gasteiger partial charge in [-0.3, -0.25) is 0 Å². The van der Waals surface area contributed by atoms with Gasteiger partial charge in [-0.1, -0.05) is 18.2 Å². The molecule has 3 rings (SSSR count). The lowest BCUT2D eigenvalue weighted by Crippen LogP contribution is -2.29. The van der Waals surface area contributed by atoms with E-state index in [1.807, 2.05) is 24.3 Å². The van der Waals surface area contributed by atoms with Gasteiger partial charge in [0.25, 0.3) is 0 Å². The van der Waals surface area contributed by atoms with Crippen molar-refractivity contribution in [3.8, 4) is 0 Å². The first-order valence-corrected chi connectivity index (χ1v) is 4.64. The summed E-state index contributed by atoms with van der Waals surface area (Å²) in [6.07, 6.45) is 8.46. The second-order valence-electron chi connectivity index (χ2n) is 3.54. The van der Waals surface area contributed by atoms with Crippen molar-refractivity contribution >= 4 is 16.5 Å². The molecule has 2 saturated heterocycles. The average molecular weight is 191 g/mol. The van der Waals surface area contributed by atoms with Gasteiger partial charge in [0.15, 0.2) is 0 Å². The fourth-order valence-corrected chi connectivity index (χ4v) is 2.20. The molecule has 2 aliphatic heterocycles. The van der Waals surface area contributed by atoms with Gasteiger partial charge in [-0.25, -0.2) is 0 Å². The van der Waals surface area contributed by atoms with Crippen LogP contribution in [0.5, 0.6) is 0 Å². The minimum Gasteiger partial charge on any atom is -0.359 e. The molecule has 3 nitrogen and oxygen atoms in total. The van der Waals surface area contributed by atoms with E-state index < -0.39 is 5.22 Å². The molecule has 13 heavy (non-hydrogen) atoms. The van der Waals surface area contributed by atoms with Crippen LogP contribution in [0.2, 0.25) is 0 Å². The van der Waals surface area contributed by atoms with Gasteiger partial charge in [0.2, 0.25) is 0 Å². The van der Waals surface area contributed by atoms with E-state index >= 15 is 0 Å². The molecule has 0 spiro atoms. The van der Waals surface area contributed by atoms with Crippen LogP contribution in [0.25, 0.3) is 0 Å². The summed E-state index contributed by atoms with van der Waals surface area (Å²) in [5.41, 5.74) is -0.378. The van der Waals surface area contributed by atoms with E-state index in [0.717, 1.165) is 6.29 Å². The van der Waals surface area contributed by atoms with Crippen molar-refractivity contribution in [2.75, 3.05) is 0 Å². The predicted molar refractivity (Wildman–Crippen MR) is 45.3 cm³/mol. The van der Waals surface area contributed by atoms with Crippen molar-refractivity contribution < 1.29 is 14.3 Å². The molecule has 4 unspecified atom stereocenters. The van der Waals surface area contributed by atoms with Crippen LogP contribution < -0.4 is 0 Å². The first kappa shape index (κ1) is 7.67. The highest BCUT2D eigenvalue weighted by Gasteiger charge is 2.73. The van der Waals surface area contributed by atoms with E-state index in [4.69, 9.17) is 9.47 Å². The predicted octanol–water partition coefficient (Wildman–Crippen LogP) is -0.288. The van der Waals surface area contributed by atoms with Crippen molar-refractivity contribution in [2.24, 2.45) is 0 Å². The van der Waals surface area contributed by atoms with E-state index in [9.17, 15) is 4.79 Å². The normalized spacial score (nSPS) is 55.8. The molecule has 0 aromatic heterocycles. The zero-order chi connectivity index (χ0) is 9.10. The lowest BCUT2D eigenvalue weighted by Gasteiger charge is -2.05. The number of hydrogen-bond donors (Lipinski definition) is 0. The third kappa shape index (κ3) is 0.828. The van der Waals surface area contributed by atoms with Crippen LogP contribution in [-0.2, 0) is 14.3 Å². The standard InChI is InChI=1S/C9H7O3Si/c10-5-9(13)7(12-9)8-4-2-1-3-6(8)11-8/h1-7H. The first-order valence-electron chi connectivity index (χ1n) is 4.14. The summed E-state index contributed by atoms with van der Waals surface area (Å²) >= 11 is 0. The van der Waals surface area contributed by atoms with Crippen molar-refractivity contribution in [3.63, 3.8) is 0 Å². The number of ether oxygens (including phenoxy) is 2. The van der Waals surface area contributed by atoms with Crippen LogP contribution in [0.3, 0.4) is 0 Å². The van der Waals surface area contributed by atoms with Crippen LogP contribution in [0, 0.1) is 0 Å². The molecule has 1 aliphatic carbocycles. The fourth-order valence-electron chi connectivity index (χ4n) is 1.86. The largest absolute Gasteiger partial charge is 0.359 e. The first-order chi connectivity index (χ1) is 6.21. The fraction of sp³-hybridized carbons (Fsp3) is 0.444. The van der Waals surface area contributed by atoms with Crippen LogP contribution in [0.15, 0.2) is 24.3 Å². The van der Waals surface area contributed by atoms with Gasteiger partial charge in [0.1, 0.15) is 29.3 Å². The summed E-state index contributed by atoms with van der Waals surface area (Å²) in [5.74, 6) is 0. The van der Waals surface area contributed by atoms with Gasteiger partial charge in [0, 0.05) is 0 Å². The minimum atomic E-state index is -0.815. The second-order valence-corrected chi connectivity index (χ2v) is 4.33. The second kappa shape index (κ2) is 2.02. The highest BCUT2D eigenvalue weighted by molar-refractivity contribution is 6.26. The summed E-state index contributed by atoms with van der Waals surface area (Å²) in [6.45, 7) is 0. The third-order valence-electron chi connectivity index (χ3n) is 2.70. The molecule has 3 radical (unpaired) electrons. The third-order valence-corrected chi connectivity index (χ3v) is 3.20. The van der Waals surface area contributed by atoms with Gasteiger partial charge in [0.05, 0.1) is 10.2 Å². The molecule has 0 saturated carbocycles. The number of carbonyl (C=O) groups is 1. The number of epoxide rings is 2. The maximum atomic E-state index is 10.6. The van der Waals surface area contributed by atoms with E-state index in [2.05, 4.69) is 10.2 Å². The summed E-state index contributed by atoms with van der Waals surface area (Å²) in [5, 5.41) is -0.815. The molecule has 0 aromatic rings. The smallest absolute Gasteiger partial charge is 0.150 e. The Morgan fingerprint density at radius 1 is 1.38 bits per heavy atom. The summed E-state index contributed by atoms with van der Waals surface area (Å²) in [7, 11) is 3.28. The summed E-state index contributed by atoms with van der Waals surface area (Å²) < 4.78 is 10.8. The molecular weight excluding hydrogens is 184 g/mol. The van der Waals surface area contributed by atoms with E-state index in [1.165, 1.54) is 0 Å². The van der Waals surface area contributed by atoms with Crippen LogP contribution in [0.1, 0.15) is 0 Å². The number of allylic oxidation sites excluding steroid dienone is 2. The Kier molecular flexibility index (Phi) is 1.19. The number of hydrogen-bond acceptors (Lipinski definition) is 3. The molecule has 2 fully saturated rings. The van der Waals surface area contributed by atoms with Gasteiger partial charge < -0.3 is 14.3 Å². The van der Waals surface area contributed by atoms with Crippen LogP contribution in [-0.4, -0.2) is 39.6 Å². The maximum absolute atomic E-state index is 10.6. The molecule has 65 valence electrons. The Balaban J connectivity index is 1.87. The maximum Gasteiger partial charge on any atom is 0.150 e. The van der Waals surface area contributed by atoms with Crippen molar-refractivity contribution in [1.29, 1.82) is 0 Å². The lowest BCUT2D eigenvalue weighted by molar-refractivity contribution is -0.110. The minimum absolute atomic E-state index is 0.0840. The van der Waals surface area contributed by atoms with Crippen LogP contribution >= 0.6 is 0 Å². The highest BCUT2D eigenvalue weighted by Crippen LogP contribution is 2.54. The Morgan fingerprint density at radius 2 is 2.23 bits per heavy atom. The van der Waals surface area contributed by atoms with E-state index in [0.29, 0.717) is 0 Å². The van der Waals surface area contributed by atoms with Crippen molar-refractivity contribution in [1.82, 2.24) is 0 Å². The number of carbonyl (C=O) groups excluding carboxylic acids is 1. The van der Waals surface area contributed by atoms with Gasteiger partial charge in [-0.2, -0.15) is 0 Å². The SMILES string of the molecule is O=CC1([Si])OC1C12C=CC=CC1O2. The number of rotatable bonds is 2. The monoisotopic (exact) mass is 191 g/mol. The zero-order valence-electron chi connectivity index (χ0n) is 6.77. The van der Waals surface area contributed by atoms with Crippen molar-refractivity contribution in [2.45, 2.75) is 23.0 Å². The highest BCUT2D eigenvalue weighted by atomic mass is 28.1. The van der Waals surface area contributed by atoms with Crippen molar-refractivity contribution in [3.05, 3.63) is 24.3 Å². The molecule has 2 heterocycles. The molecule has 4 heteroatoms.